The first-order chi connectivity index (χ1) is 10.5. The van der Waals surface area contributed by atoms with Crippen molar-refractivity contribution in [1.29, 1.82) is 5.41 Å². The second-order valence-electron chi connectivity index (χ2n) is 4.81. The average Bonchev–Trinajstić information content (AvgIpc) is 3.02. The highest BCUT2D eigenvalue weighted by Gasteiger charge is 2.44. The first-order valence-corrected chi connectivity index (χ1v) is 6.44. The van der Waals surface area contributed by atoms with Gasteiger partial charge in [-0.25, -0.2) is 15.0 Å². The molecule has 0 aliphatic carbocycles. The summed E-state index contributed by atoms with van der Waals surface area (Å²) in [6, 6.07) is 0. The molecule has 1 aliphatic rings. The number of anilines is 1. The van der Waals surface area contributed by atoms with Crippen molar-refractivity contribution in [3.63, 3.8) is 0 Å². The molecule has 0 bridgehead atoms. The van der Waals surface area contributed by atoms with E-state index in [2.05, 4.69) is 20.3 Å². The van der Waals surface area contributed by atoms with Crippen molar-refractivity contribution in [1.82, 2.24) is 19.5 Å². The van der Waals surface area contributed by atoms with E-state index in [4.69, 9.17) is 21.0 Å². The van der Waals surface area contributed by atoms with Crippen LogP contribution in [0.1, 0.15) is 6.23 Å². The summed E-state index contributed by atoms with van der Waals surface area (Å²) >= 11 is 0. The molecule has 22 heavy (non-hydrogen) atoms. The number of nitrogens with zero attached hydrogens (tertiary/aromatic N) is 4. The van der Waals surface area contributed by atoms with Crippen LogP contribution in [-0.4, -0.2) is 65.7 Å². The summed E-state index contributed by atoms with van der Waals surface area (Å²) in [5.74, 6) is -0.0644. The second-order valence-corrected chi connectivity index (χ2v) is 4.81. The molecule has 118 valence electrons. The van der Waals surface area contributed by atoms with E-state index in [1.807, 2.05) is 0 Å². The zero-order valence-electron chi connectivity index (χ0n) is 11.3. The lowest BCUT2D eigenvalue weighted by Crippen LogP contribution is -2.33. The van der Waals surface area contributed by atoms with E-state index in [9.17, 15) is 10.2 Å². The van der Waals surface area contributed by atoms with Gasteiger partial charge in [0.25, 0.3) is 0 Å². The molecule has 11 nitrogen and oxygen atoms in total. The lowest BCUT2D eigenvalue weighted by molar-refractivity contribution is -0.0511. The van der Waals surface area contributed by atoms with Gasteiger partial charge in [0, 0.05) is 0 Å². The summed E-state index contributed by atoms with van der Waals surface area (Å²) in [6.45, 7) is -0.423. The van der Waals surface area contributed by atoms with Crippen LogP contribution < -0.4 is 11.1 Å². The molecule has 0 aromatic carbocycles. The fourth-order valence-electron chi connectivity index (χ4n) is 2.37. The summed E-state index contributed by atoms with van der Waals surface area (Å²) in [5, 5.41) is 38.8. The predicted octanol–water partition coefficient (Wildman–Crippen LogP) is -2.26. The number of nitrogens with two attached hydrogens (primary N) is 1. The molecule has 0 radical (unpaired) electrons. The van der Waals surface area contributed by atoms with Crippen LogP contribution in [0, 0.1) is 5.41 Å². The van der Waals surface area contributed by atoms with E-state index >= 15 is 0 Å². The Morgan fingerprint density at radius 2 is 2.14 bits per heavy atom. The number of hydrogen-bond donors (Lipinski definition) is 6. The minimum atomic E-state index is -1.24. The van der Waals surface area contributed by atoms with Gasteiger partial charge in [0.15, 0.2) is 29.2 Å². The topological polar surface area (TPSA) is 175 Å². The van der Waals surface area contributed by atoms with E-state index in [1.54, 1.807) is 0 Å². The number of rotatable bonds is 3. The van der Waals surface area contributed by atoms with Crippen molar-refractivity contribution < 1.29 is 20.1 Å². The molecule has 11 heteroatoms. The Bertz CT molecular complexity index is 705. The molecule has 4 atom stereocenters. The Labute approximate surface area is 123 Å². The highest BCUT2D eigenvalue weighted by Crippen LogP contribution is 2.31. The predicted molar refractivity (Wildman–Crippen MR) is 73.9 cm³/mol. The van der Waals surface area contributed by atoms with Crippen molar-refractivity contribution in [2.75, 3.05) is 11.9 Å². The van der Waals surface area contributed by atoms with Gasteiger partial charge >= 0.3 is 0 Å². The summed E-state index contributed by atoms with van der Waals surface area (Å²) < 4.78 is 6.86. The van der Waals surface area contributed by atoms with Crippen LogP contribution in [0.4, 0.5) is 5.82 Å². The van der Waals surface area contributed by atoms with E-state index in [0.29, 0.717) is 11.2 Å². The Kier molecular flexibility index (Phi) is 3.62. The van der Waals surface area contributed by atoms with Crippen LogP contribution in [-0.2, 0) is 4.74 Å². The highest BCUT2D eigenvalue weighted by atomic mass is 16.6. The molecule has 0 unspecified atom stereocenters. The number of aromatic nitrogens is 4. The zero-order valence-corrected chi connectivity index (χ0v) is 11.3. The summed E-state index contributed by atoms with van der Waals surface area (Å²) in [4.78, 5) is 12.1. The van der Waals surface area contributed by atoms with E-state index in [1.165, 1.54) is 17.2 Å². The number of ether oxygens (including phenoxy) is 1. The number of hydrogen-bond acceptors (Lipinski definition) is 8. The van der Waals surface area contributed by atoms with Crippen molar-refractivity contribution in [2.24, 2.45) is 5.73 Å². The molecule has 1 aliphatic heterocycles. The minimum absolute atomic E-state index is 0.239. The number of aliphatic hydroxyl groups is 3. The third-order valence-corrected chi connectivity index (χ3v) is 3.40. The Morgan fingerprint density at radius 3 is 2.77 bits per heavy atom. The molecule has 3 heterocycles. The van der Waals surface area contributed by atoms with Crippen molar-refractivity contribution in [3.05, 3.63) is 12.7 Å². The van der Waals surface area contributed by atoms with Gasteiger partial charge in [-0.05, 0) is 0 Å². The zero-order chi connectivity index (χ0) is 15.9. The van der Waals surface area contributed by atoms with Gasteiger partial charge in [0.05, 0.1) is 12.9 Å². The molecule has 1 fully saturated rings. The van der Waals surface area contributed by atoms with Crippen LogP contribution >= 0.6 is 0 Å². The van der Waals surface area contributed by atoms with E-state index in [0.717, 1.165) is 0 Å². The van der Waals surface area contributed by atoms with E-state index in [-0.39, 0.29) is 11.8 Å². The Morgan fingerprint density at radius 1 is 1.36 bits per heavy atom. The lowest BCUT2D eigenvalue weighted by atomic mass is 10.1. The number of imidazole rings is 1. The minimum Gasteiger partial charge on any atom is -0.394 e. The van der Waals surface area contributed by atoms with Gasteiger partial charge in [-0.3, -0.25) is 9.98 Å². The van der Waals surface area contributed by atoms with Gasteiger partial charge in [-0.2, -0.15) is 0 Å². The molecule has 3 rings (SSSR count). The molecule has 1 saturated heterocycles. The quantitative estimate of drug-likeness (QED) is 0.270. The summed E-state index contributed by atoms with van der Waals surface area (Å²) in [5.41, 5.74) is 5.93. The first-order valence-electron chi connectivity index (χ1n) is 6.44. The maximum absolute atomic E-state index is 10.1. The molecule has 7 N–H and O–H groups in total. The van der Waals surface area contributed by atoms with Gasteiger partial charge in [0.1, 0.15) is 24.6 Å². The molecular formula is C11H15N7O4. The SMILES string of the molecule is N=C(N)Nc1ncnc2c1ncn2[C@@H]1O[C@H](CO)[C@@H](O)[C@H]1O. The molecule has 2 aromatic heterocycles. The molecule has 2 aromatic rings. The standard InChI is InChI=1S/C11H15N7O4/c12-11(13)17-8-5-9(15-2-14-8)18(3-16-5)10-7(21)6(20)4(1-19)22-10/h2-4,6-7,10,19-21H,1H2,(H4,12,13,14,15,17)/t4-,6-,7-,10-/m1/s1. The summed E-state index contributed by atoms with van der Waals surface area (Å²) in [7, 11) is 0. The van der Waals surface area contributed by atoms with Gasteiger partial charge in [-0.1, -0.05) is 0 Å². The van der Waals surface area contributed by atoms with E-state index < -0.39 is 31.1 Å². The van der Waals surface area contributed by atoms with Gasteiger partial charge < -0.3 is 31.1 Å². The number of fused-ring (bicyclic) bond motifs is 1. The Balaban J connectivity index is 2.01. The van der Waals surface area contributed by atoms with Crippen LogP contribution in [0.5, 0.6) is 0 Å². The average molecular weight is 309 g/mol. The largest absolute Gasteiger partial charge is 0.394 e. The lowest BCUT2D eigenvalue weighted by Gasteiger charge is -2.16. The fraction of sp³-hybridized carbons (Fsp3) is 0.455. The summed E-state index contributed by atoms with van der Waals surface area (Å²) in [6.07, 6.45) is -1.69. The molecule has 0 spiro atoms. The number of aliphatic hydroxyl groups excluding tert-OH is 3. The van der Waals surface area contributed by atoms with Crippen LogP contribution in [0.25, 0.3) is 11.2 Å². The Hall–Kier alpha value is -2.34. The molecule has 0 saturated carbocycles. The number of nitrogens with one attached hydrogen (secondary N) is 2. The second kappa shape index (κ2) is 5.46. The van der Waals surface area contributed by atoms with Gasteiger partial charge in [-0.15, -0.1) is 0 Å². The van der Waals surface area contributed by atoms with Crippen LogP contribution in [0.3, 0.4) is 0 Å². The third kappa shape index (κ3) is 2.25. The number of guanidine groups is 1. The first kappa shape index (κ1) is 14.6. The van der Waals surface area contributed by atoms with Crippen molar-refractivity contribution >= 4 is 22.9 Å². The molecular weight excluding hydrogens is 294 g/mol. The monoisotopic (exact) mass is 309 g/mol. The fourth-order valence-corrected chi connectivity index (χ4v) is 2.37. The van der Waals surface area contributed by atoms with Crippen molar-refractivity contribution in [2.45, 2.75) is 24.5 Å². The normalized spacial score (nSPS) is 28.1. The smallest absolute Gasteiger partial charge is 0.191 e. The molecule has 0 amide bonds. The maximum atomic E-state index is 10.1. The van der Waals surface area contributed by atoms with Crippen LogP contribution in [0.15, 0.2) is 12.7 Å². The highest BCUT2D eigenvalue weighted by molar-refractivity contribution is 5.96. The van der Waals surface area contributed by atoms with Crippen molar-refractivity contribution in [3.8, 4) is 0 Å². The maximum Gasteiger partial charge on any atom is 0.191 e. The van der Waals surface area contributed by atoms with Crippen LogP contribution in [0.2, 0.25) is 0 Å². The van der Waals surface area contributed by atoms with Gasteiger partial charge in [0.2, 0.25) is 0 Å². The third-order valence-electron chi connectivity index (χ3n) is 3.40.